The zero-order valence-corrected chi connectivity index (χ0v) is 17.6. The maximum atomic E-state index is 13.5. The number of thiazole rings is 1. The fraction of sp³-hybridized carbons (Fsp3) is 0.333. The molecule has 0 unspecified atom stereocenters. The van der Waals surface area contributed by atoms with Crippen molar-refractivity contribution in [3.05, 3.63) is 59.9 Å². The molecule has 4 nitrogen and oxygen atoms in total. The van der Waals surface area contributed by atoms with Gasteiger partial charge in [0.05, 0.1) is 10.2 Å². The highest BCUT2D eigenvalue weighted by atomic mass is 35.5. The third-order valence-corrected chi connectivity index (χ3v) is 5.37. The van der Waals surface area contributed by atoms with Crippen LogP contribution in [0.4, 0.5) is 9.52 Å². The molecule has 1 aromatic heterocycles. The van der Waals surface area contributed by atoms with Crippen molar-refractivity contribution in [2.24, 2.45) is 0 Å². The molecule has 0 bridgehead atoms. The number of amides is 1. The van der Waals surface area contributed by atoms with Gasteiger partial charge < -0.3 is 17.3 Å². The predicted octanol–water partition coefficient (Wildman–Crippen LogP) is 1.36. The summed E-state index contributed by atoms with van der Waals surface area (Å²) in [6.07, 6.45) is 1.98. The van der Waals surface area contributed by atoms with Gasteiger partial charge >= 0.3 is 0 Å². The van der Waals surface area contributed by atoms with Gasteiger partial charge in [0, 0.05) is 13.0 Å². The van der Waals surface area contributed by atoms with Crippen LogP contribution < -0.4 is 17.3 Å². The first-order valence-electron chi connectivity index (χ1n) is 9.08. The molecular formula is C21H24ClFN3OS-. The number of fused-ring (bicyclic) bond motifs is 1. The van der Waals surface area contributed by atoms with E-state index in [1.807, 2.05) is 44.4 Å². The Labute approximate surface area is 175 Å². The molecule has 28 heavy (non-hydrogen) atoms. The number of hydrogen-bond acceptors (Lipinski definition) is 4. The Kier molecular flexibility index (Phi) is 8.35. The first kappa shape index (κ1) is 22.3. The second kappa shape index (κ2) is 10.5. The normalized spacial score (nSPS) is 10.9. The fourth-order valence-corrected chi connectivity index (χ4v) is 3.94. The van der Waals surface area contributed by atoms with E-state index in [1.165, 1.54) is 23.5 Å². The summed E-state index contributed by atoms with van der Waals surface area (Å²) in [7, 11) is 4.03. The van der Waals surface area contributed by atoms with Crippen molar-refractivity contribution in [2.75, 3.05) is 32.1 Å². The SMILES string of the molecule is CN(C)CCCN(C(=O)CCc1ccccc1)c1nc2ccc(F)cc2s1.[Cl-]. The average molecular weight is 421 g/mol. The Morgan fingerprint density at radius 1 is 1.11 bits per heavy atom. The number of anilines is 1. The van der Waals surface area contributed by atoms with Crippen LogP contribution in [0.1, 0.15) is 18.4 Å². The van der Waals surface area contributed by atoms with Crippen molar-refractivity contribution >= 4 is 32.6 Å². The maximum absolute atomic E-state index is 13.5. The summed E-state index contributed by atoms with van der Waals surface area (Å²) in [5.74, 6) is -0.232. The summed E-state index contributed by atoms with van der Waals surface area (Å²) in [5.41, 5.74) is 1.87. The first-order chi connectivity index (χ1) is 13.0. The topological polar surface area (TPSA) is 36.4 Å². The molecule has 3 rings (SSSR count). The lowest BCUT2D eigenvalue weighted by Crippen LogP contribution is -3.00. The second-order valence-electron chi connectivity index (χ2n) is 6.80. The molecule has 0 N–H and O–H groups in total. The highest BCUT2D eigenvalue weighted by Gasteiger charge is 2.19. The monoisotopic (exact) mass is 420 g/mol. The number of aromatic nitrogens is 1. The van der Waals surface area contributed by atoms with E-state index in [0.717, 1.165) is 28.7 Å². The van der Waals surface area contributed by atoms with Gasteiger partial charge in [-0.15, -0.1) is 0 Å². The molecule has 0 spiro atoms. The summed E-state index contributed by atoms with van der Waals surface area (Å²) in [5, 5.41) is 0.646. The van der Waals surface area contributed by atoms with Gasteiger partial charge in [-0.2, -0.15) is 0 Å². The Morgan fingerprint density at radius 3 is 2.57 bits per heavy atom. The zero-order valence-electron chi connectivity index (χ0n) is 16.1. The van der Waals surface area contributed by atoms with Gasteiger partial charge in [0.1, 0.15) is 5.82 Å². The van der Waals surface area contributed by atoms with E-state index >= 15 is 0 Å². The van der Waals surface area contributed by atoms with E-state index in [0.29, 0.717) is 24.5 Å². The van der Waals surface area contributed by atoms with Gasteiger partial charge in [-0.3, -0.25) is 9.69 Å². The molecule has 1 amide bonds. The Bertz CT molecular complexity index is 901. The summed E-state index contributed by atoms with van der Waals surface area (Å²) in [4.78, 5) is 21.4. The molecule has 2 aromatic carbocycles. The standard InChI is InChI=1S/C21H24FN3OS.ClH/c1-24(2)13-6-14-25(20(26)12-9-16-7-4-3-5-8-16)21-23-18-11-10-17(22)15-19(18)27-21;/h3-5,7-8,10-11,15H,6,9,12-14H2,1-2H3;1H/p-1. The molecule has 0 saturated carbocycles. The van der Waals surface area contributed by atoms with Gasteiger partial charge in [0.15, 0.2) is 5.13 Å². The van der Waals surface area contributed by atoms with Crippen LogP contribution in [0.5, 0.6) is 0 Å². The molecule has 7 heteroatoms. The lowest BCUT2D eigenvalue weighted by atomic mass is 10.1. The molecule has 3 aromatic rings. The molecule has 0 radical (unpaired) electrons. The first-order valence-corrected chi connectivity index (χ1v) is 9.89. The molecule has 0 aliphatic rings. The number of aryl methyl sites for hydroxylation is 1. The van der Waals surface area contributed by atoms with Gasteiger partial charge in [0.25, 0.3) is 0 Å². The summed E-state index contributed by atoms with van der Waals surface area (Å²) < 4.78 is 14.3. The van der Waals surface area contributed by atoms with Crippen LogP contribution in [-0.2, 0) is 11.2 Å². The van der Waals surface area contributed by atoms with Crippen LogP contribution in [0.3, 0.4) is 0 Å². The predicted molar refractivity (Wildman–Crippen MR) is 110 cm³/mol. The van der Waals surface area contributed by atoms with E-state index in [1.54, 1.807) is 11.0 Å². The zero-order chi connectivity index (χ0) is 19.2. The highest BCUT2D eigenvalue weighted by molar-refractivity contribution is 7.22. The number of carbonyl (C=O) groups excluding carboxylic acids is 1. The molecule has 150 valence electrons. The smallest absolute Gasteiger partial charge is 0.229 e. The third kappa shape index (κ3) is 5.99. The van der Waals surface area contributed by atoms with E-state index < -0.39 is 0 Å². The van der Waals surface area contributed by atoms with Crippen LogP contribution in [0, 0.1) is 5.82 Å². The van der Waals surface area contributed by atoms with E-state index in [-0.39, 0.29) is 24.1 Å². The quantitative estimate of drug-likeness (QED) is 0.552. The number of carbonyl (C=O) groups is 1. The lowest BCUT2D eigenvalue weighted by molar-refractivity contribution is -0.118. The number of rotatable bonds is 8. The van der Waals surface area contributed by atoms with E-state index in [9.17, 15) is 9.18 Å². The largest absolute Gasteiger partial charge is 1.00 e. The van der Waals surface area contributed by atoms with E-state index in [2.05, 4.69) is 9.88 Å². The van der Waals surface area contributed by atoms with Crippen LogP contribution >= 0.6 is 11.3 Å². The van der Waals surface area contributed by atoms with Crippen molar-refractivity contribution in [1.29, 1.82) is 0 Å². The lowest BCUT2D eigenvalue weighted by Gasteiger charge is -2.21. The Morgan fingerprint density at radius 2 is 1.86 bits per heavy atom. The minimum absolute atomic E-state index is 0. The van der Waals surface area contributed by atoms with Crippen LogP contribution in [0.15, 0.2) is 48.5 Å². The molecular weight excluding hydrogens is 397 g/mol. The highest BCUT2D eigenvalue weighted by Crippen LogP contribution is 2.30. The maximum Gasteiger partial charge on any atom is 0.229 e. The molecule has 0 aliphatic heterocycles. The van der Waals surface area contributed by atoms with Crippen LogP contribution in [-0.4, -0.2) is 43.0 Å². The molecule has 0 aliphatic carbocycles. The molecule has 0 saturated heterocycles. The van der Waals surface area contributed by atoms with Crippen molar-refractivity contribution < 1.29 is 21.6 Å². The van der Waals surface area contributed by atoms with Crippen molar-refractivity contribution in [1.82, 2.24) is 9.88 Å². The molecule has 1 heterocycles. The van der Waals surface area contributed by atoms with Crippen LogP contribution in [0.2, 0.25) is 0 Å². The minimum atomic E-state index is -0.285. The number of nitrogens with zero attached hydrogens (tertiary/aromatic N) is 3. The third-order valence-electron chi connectivity index (χ3n) is 4.33. The van der Waals surface area contributed by atoms with Crippen molar-refractivity contribution in [2.45, 2.75) is 19.3 Å². The molecule has 0 atom stereocenters. The van der Waals surface area contributed by atoms with Gasteiger partial charge in [0.2, 0.25) is 5.91 Å². The summed E-state index contributed by atoms with van der Waals surface area (Å²) in [6.45, 7) is 1.50. The van der Waals surface area contributed by atoms with E-state index in [4.69, 9.17) is 0 Å². The Balaban J connectivity index is 0.00000280. The van der Waals surface area contributed by atoms with Crippen molar-refractivity contribution in [3.8, 4) is 0 Å². The van der Waals surface area contributed by atoms with Gasteiger partial charge in [-0.25, -0.2) is 9.37 Å². The number of benzene rings is 2. The minimum Gasteiger partial charge on any atom is -1.00 e. The second-order valence-corrected chi connectivity index (χ2v) is 7.81. The summed E-state index contributed by atoms with van der Waals surface area (Å²) >= 11 is 1.37. The van der Waals surface area contributed by atoms with Gasteiger partial charge in [-0.05, 0) is 57.2 Å². The average Bonchev–Trinajstić information content (AvgIpc) is 3.06. The van der Waals surface area contributed by atoms with Crippen molar-refractivity contribution in [3.63, 3.8) is 0 Å². The number of halogens is 2. The summed E-state index contributed by atoms with van der Waals surface area (Å²) in [6, 6.07) is 14.5. The number of hydrogen-bond donors (Lipinski definition) is 0. The Hall–Kier alpha value is -2.02. The van der Waals surface area contributed by atoms with Gasteiger partial charge in [-0.1, -0.05) is 41.7 Å². The molecule has 0 fully saturated rings. The van der Waals surface area contributed by atoms with Crippen LogP contribution in [0.25, 0.3) is 10.2 Å². The fourth-order valence-electron chi connectivity index (χ4n) is 2.90.